The van der Waals surface area contributed by atoms with E-state index in [0.29, 0.717) is 0 Å². The third kappa shape index (κ3) is 2.38. The molecule has 0 amide bonds. The first-order valence-corrected chi connectivity index (χ1v) is 7.05. The van der Waals surface area contributed by atoms with Gasteiger partial charge in [-0.05, 0) is 24.5 Å². The second kappa shape index (κ2) is 4.34. The maximum Gasteiger partial charge on any atom is 0.0953 e. The molecule has 2 aromatic rings. The number of aromatic nitrogens is 1. The summed E-state index contributed by atoms with van der Waals surface area (Å²) in [6.07, 6.45) is 4.85. The van der Waals surface area contributed by atoms with E-state index in [0.717, 1.165) is 24.3 Å². The molecule has 0 aliphatic heterocycles. The average molecular weight is 252 g/mol. The minimum atomic E-state index is 0.271. The van der Waals surface area contributed by atoms with Crippen molar-refractivity contribution in [3.05, 3.63) is 29.3 Å². The number of para-hydroxylation sites is 1. The van der Waals surface area contributed by atoms with Crippen LogP contribution in [0, 0.1) is 5.92 Å². The zero-order chi connectivity index (χ0) is 11.0. The van der Waals surface area contributed by atoms with E-state index in [4.69, 9.17) is 11.6 Å². The molecule has 1 aliphatic carbocycles. The molecular formula is C13H14ClNS. The van der Waals surface area contributed by atoms with Crippen LogP contribution >= 0.6 is 22.9 Å². The van der Waals surface area contributed by atoms with Gasteiger partial charge in [-0.3, -0.25) is 0 Å². The van der Waals surface area contributed by atoms with Crippen LogP contribution < -0.4 is 0 Å². The number of hydrogen-bond acceptors (Lipinski definition) is 2. The van der Waals surface area contributed by atoms with Crippen LogP contribution in [0.2, 0.25) is 0 Å². The Morgan fingerprint density at radius 1 is 1.38 bits per heavy atom. The van der Waals surface area contributed by atoms with Gasteiger partial charge in [0.05, 0.1) is 15.2 Å². The van der Waals surface area contributed by atoms with Crippen LogP contribution in [0.4, 0.5) is 0 Å². The molecule has 1 unspecified atom stereocenters. The summed E-state index contributed by atoms with van der Waals surface area (Å²) in [5, 5.41) is 1.45. The fourth-order valence-electron chi connectivity index (χ4n) is 2.00. The Labute approximate surface area is 104 Å². The van der Waals surface area contributed by atoms with Crippen LogP contribution in [-0.4, -0.2) is 10.4 Å². The van der Waals surface area contributed by atoms with Crippen LogP contribution in [0.25, 0.3) is 10.2 Å². The normalized spacial score (nSPS) is 17.8. The predicted molar refractivity (Wildman–Crippen MR) is 70.3 cm³/mol. The highest BCUT2D eigenvalue weighted by Gasteiger charge is 2.25. The monoisotopic (exact) mass is 251 g/mol. The summed E-state index contributed by atoms with van der Waals surface area (Å²) in [5.74, 6) is 0.900. The summed E-state index contributed by atoms with van der Waals surface area (Å²) >= 11 is 8.12. The van der Waals surface area contributed by atoms with E-state index in [1.807, 2.05) is 6.07 Å². The zero-order valence-electron chi connectivity index (χ0n) is 9.03. The Bertz CT molecular complexity index is 456. The SMILES string of the molecule is ClC(Cc1nc2ccccc2s1)CC1CC1. The van der Waals surface area contributed by atoms with Gasteiger partial charge in [0.15, 0.2) is 0 Å². The number of alkyl halides is 1. The van der Waals surface area contributed by atoms with Crippen LogP contribution in [-0.2, 0) is 6.42 Å². The van der Waals surface area contributed by atoms with E-state index in [1.54, 1.807) is 11.3 Å². The Morgan fingerprint density at radius 3 is 2.94 bits per heavy atom. The summed E-state index contributed by atoms with van der Waals surface area (Å²) in [5.41, 5.74) is 1.11. The second-order valence-corrected chi connectivity index (χ2v) is 6.29. The Morgan fingerprint density at radius 2 is 2.19 bits per heavy atom. The quantitative estimate of drug-likeness (QED) is 0.741. The molecule has 1 aliphatic rings. The van der Waals surface area contributed by atoms with Crippen LogP contribution in [0.1, 0.15) is 24.3 Å². The van der Waals surface area contributed by atoms with Crippen molar-refractivity contribution in [3.63, 3.8) is 0 Å². The van der Waals surface area contributed by atoms with Crippen molar-refractivity contribution in [2.75, 3.05) is 0 Å². The first kappa shape index (κ1) is 10.5. The fraction of sp³-hybridized carbons (Fsp3) is 0.462. The van der Waals surface area contributed by atoms with Gasteiger partial charge in [-0.2, -0.15) is 0 Å². The standard InChI is InChI=1S/C13H14ClNS/c14-10(7-9-5-6-9)8-13-15-11-3-1-2-4-12(11)16-13/h1-4,9-10H,5-8H2. The number of nitrogens with zero attached hydrogens (tertiary/aromatic N) is 1. The van der Waals surface area contributed by atoms with Gasteiger partial charge in [0.25, 0.3) is 0 Å². The number of fused-ring (bicyclic) bond motifs is 1. The molecule has 0 spiro atoms. The summed E-state index contributed by atoms with van der Waals surface area (Å²) in [4.78, 5) is 4.61. The number of rotatable bonds is 4. The van der Waals surface area contributed by atoms with Gasteiger partial charge in [0.1, 0.15) is 0 Å². The lowest BCUT2D eigenvalue weighted by Crippen LogP contribution is -2.03. The lowest BCUT2D eigenvalue weighted by Gasteiger charge is -2.04. The molecule has 84 valence electrons. The molecule has 1 aromatic heterocycles. The van der Waals surface area contributed by atoms with Gasteiger partial charge >= 0.3 is 0 Å². The number of thiazole rings is 1. The predicted octanol–water partition coefficient (Wildman–Crippen LogP) is 4.25. The van der Waals surface area contributed by atoms with E-state index in [9.17, 15) is 0 Å². The molecule has 3 heteroatoms. The van der Waals surface area contributed by atoms with Crippen molar-refractivity contribution >= 4 is 33.2 Å². The number of halogens is 1. The number of benzene rings is 1. The summed E-state index contributed by atoms with van der Waals surface area (Å²) < 4.78 is 1.27. The van der Waals surface area contributed by atoms with E-state index in [1.165, 1.54) is 22.5 Å². The van der Waals surface area contributed by atoms with E-state index >= 15 is 0 Å². The zero-order valence-corrected chi connectivity index (χ0v) is 10.6. The maximum absolute atomic E-state index is 6.34. The third-order valence-corrected chi connectivity index (χ3v) is 4.41. The topological polar surface area (TPSA) is 12.9 Å². The molecule has 1 nitrogen and oxygen atoms in total. The second-order valence-electron chi connectivity index (χ2n) is 4.56. The molecule has 3 rings (SSSR count). The van der Waals surface area contributed by atoms with Crippen LogP contribution in [0.3, 0.4) is 0 Å². The first-order valence-electron chi connectivity index (χ1n) is 5.80. The van der Waals surface area contributed by atoms with Crippen LogP contribution in [0.5, 0.6) is 0 Å². The molecule has 1 atom stereocenters. The van der Waals surface area contributed by atoms with E-state index < -0.39 is 0 Å². The molecular weight excluding hydrogens is 238 g/mol. The molecule has 0 bridgehead atoms. The van der Waals surface area contributed by atoms with E-state index in [-0.39, 0.29) is 5.38 Å². The van der Waals surface area contributed by atoms with E-state index in [2.05, 4.69) is 23.2 Å². The molecule has 1 heterocycles. The smallest absolute Gasteiger partial charge is 0.0953 e. The van der Waals surface area contributed by atoms with Gasteiger partial charge in [-0.1, -0.05) is 25.0 Å². The van der Waals surface area contributed by atoms with Crippen molar-refractivity contribution < 1.29 is 0 Å². The highest BCUT2D eigenvalue weighted by molar-refractivity contribution is 7.18. The van der Waals surface area contributed by atoms with Gasteiger partial charge < -0.3 is 0 Å². The van der Waals surface area contributed by atoms with Crippen molar-refractivity contribution in [2.45, 2.75) is 31.1 Å². The molecule has 0 radical (unpaired) electrons. The molecule has 1 aromatic carbocycles. The number of hydrogen-bond donors (Lipinski definition) is 0. The molecule has 0 N–H and O–H groups in total. The molecule has 1 fully saturated rings. The minimum absolute atomic E-state index is 0.271. The summed E-state index contributed by atoms with van der Waals surface area (Å²) in [7, 11) is 0. The summed E-state index contributed by atoms with van der Waals surface area (Å²) in [6.45, 7) is 0. The highest BCUT2D eigenvalue weighted by atomic mass is 35.5. The van der Waals surface area contributed by atoms with Gasteiger partial charge in [0, 0.05) is 11.8 Å². The van der Waals surface area contributed by atoms with Crippen molar-refractivity contribution in [1.82, 2.24) is 4.98 Å². The first-order chi connectivity index (χ1) is 7.81. The van der Waals surface area contributed by atoms with Crippen molar-refractivity contribution in [2.24, 2.45) is 5.92 Å². The van der Waals surface area contributed by atoms with Gasteiger partial charge in [-0.15, -0.1) is 22.9 Å². The lowest BCUT2D eigenvalue weighted by molar-refractivity contribution is 0.673. The Kier molecular flexibility index (Phi) is 2.86. The van der Waals surface area contributed by atoms with Gasteiger partial charge in [-0.25, -0.2) is 4.98 Å². The largest absolute Gasteiger partial charge is 0.241 e. The highest BCUT2D eigenvalue weighted by Crippen LogP contribution is 2.36. The fourth-order valence-corrected chi connectivity index (χ4v) is 3.53. The molecule has 16 heavy (non-hydrogen) atoms. The average Bonchev–Trinajstić information content (AvgIpc) is 2.97. The Balaban J connectivity index is 1.72. The minimum Gasteiger partial charge on any atom is -0.241 e. The molecule has 1 saturated carbocycles. The lowest BCUT2D eigenvalue weighted by atomic mass is 10.2. The van der Waals surface area contributed by atoms with Crippen molar-refractivity contribution in [1.29, 1.82) is 0 Å². The van der Waals surface area contributed by atoms with Crippen LogP contribution in [0.15, 0.2) is 24.3 Å². The maximum atomic E-state index is 6.34. The summed E-state index contributed by atoms with van der Waals surface area (Å²) in [6, 6.07) is 8.29. The van der Waals surface area contributed by atoms with Crippen molar-refractivity contribution in [3.8, 4) is 0 Å². The Hall–Kier alpha value is -0.600. The van der Waals surface area contributed by atoms with Gasteiger partial charge in [0.2, 0.25) is 0 Å². The molecule has 0 saturated heterocycles. The third-order valence-electron chi connectivity index (χ3n) is 3.02.